The average Bonchev–Trinajstić information content (AvgIpc) is 2.55. The average molecular weight is 382 g/mol. The second-order valence-electron chi connectivity index (χ2n) is 5.15. The topological polar surface area (TPSA) is 84.0 Å². The van der Waals surface area contributed by atoms with Gasteiger partial charge in [0.2, 0.25) is 5.91 Å². The summed E-state index contributed by atoms with van der Waals surface area (Å²) in [6, 6.07) is 8.19. The third-order valence-electron chi connectivity index (χ3n) is 3.47. The van der Waals surface area contributed by atoms with Gasteiger partial charge < -0.3 is 10.3 Å². The van der Waals surface area contributed by atoms with Crippen LogP contribution in [0.3, 0.4) is 0 Å². The third-order valence-corrected chi connectivity index (χ3v) is 4.10. The number of aromatic nitrogens is 2. The number of nitrogens with one attached hydrogen (secondary N) is 2. The number of rotatable bonds is 3. The van der Waals surface area contributed by atoms with E-state index in [4.69, 9.17) is 23.2 Å². The Labute approximate surface area is 149 Å². The van der Waals surface area contributed by atoms with Gasteiger partial charge in [0.15, 0.2) is 0 Å². The lowest BCUT2D eigenvalue weighted by atomic mass is 10.2. The minimum Gasteiger partial charge on any atom is -0.322 e. The van der Waals surface area contributed by atoms with Crippen LogP contribution in [0.1, 0.15) is 0 Å². The lowest BCUT2D eigenvalue weighted by Gasteiger charge is -2.12. The largest absolute Gasteiger partial charge is 0.322 e. The Bertz CT molecular complexity index is 1090. The number of carbonyl (C=O) groups is 1. The second-order valence-corrected chi connectivity index (χ2v) is 5.97. The van der Waals surface area contributed by atoms with E-state index >= 15 is 0 Å². The summed E-state index contributed by atoms with van der Waals surface area (Å²) >= 11 is 12.0. The minimum atomic E-state index is -0.957. The highest BCUT2D eigenvalue weighted by Crippen LogP contribution is 2.29. The highest BCUT2D eigenvalue weighted by molar-refractivity contribution is 6.39. The summed E-state index contributed by atoms with van der Waals surface area (Å²) in [6.45, 7) is -0.466. The van der Waals surface area contributed by atoms with Crippen LogP contribution >= 0.6 is 23.2 Å². The zero-order chi connectivity index (χ0) is 18.1. The van der Waals surface area contributed by atoms with Crippen LogP contribution in [0.4, 0.5) is 10.1 Å². The van der Waals surface area contributed by atoms with Crippen molar-refractivity contribution in [1.82, 2.24) is 9.55 Å². The first kappa shape index (κ1) is 17.2. The van der Waals surface area contributed by atoms with E-state index in [2.05, 4.69) is 10.3 Å². The van der Waals surface area contributed by atoms with Crippen molar-refractivity contribution in [2.24, 2.45) is 0 Å². The number of hydrogen-bond acceptors (Lipinski definition) is 3. The molecule has 9 heteroatoms. The van der Waals surface area contributed by atoms with E-state index in [0.29, 0.717) is 0 Å². The van der Waals surface area contributed by atoms with Crippen LogP contribution in [0.25, 0.3) is 11.0 Å². The van der Waals surface area contributed by atoms with Crippen LogP contribution in [0, 0.1) is 5.82 Å². The van der Waals surface area contributed by atoms with E-state index in [1.807, 2.05) is 0 Å². The zero-order valence-electron chi connectivity index (χ0n) is 12.5. The van der Waals surface area contributed by atoms with Gasteiger partial charge in [-0.25, -0.2) is 4.39 Å². The number of fused-ring (bicyclic) bond motifs is 1. The Morgan fingerprint density at radius 1 is 1.16 bits per heavy atom. The molecule has 1 heterocycles. The quantitative estimate of drug-likeness (QED) is 0.684. The summed E-state index contributed by atoms with van der Waals surface area (Å²) in [5, 5.41) is 2.96. The molecule has 0 bridgehead atoms. The van der Waals surface area contributed by atoms with Gasteiger partial charge in [-0.2, -0.15) is 0 Å². The van der Waals surface area contributed by atoms with Gasteiger partial charge in [0.25, 0.3) is 0 Å². The number of carbonyl (C=O) groups excluding carboxylic acids is 1. The number of aromatic amines is 1. The smallest absolute Gasteiger partial charge is 0.317 e. The number of para-hydroxylation sites is 1. The summed E-state index contributed by atoms with van der Waals surface area (Å²) in [5.41, 5.74) is -1.37. The number of halogens is 3. The van der Waals surface area contributed by atoms with Crippen LogP contribution in [-0.4, -0.2) is 15.5 Å². The summed E-state index contributed by atoms with van der Waals surface area (Å²) in [5.74, 6) is -1.20. The number of nitrogens with zero attached hydrogens (tertiary/aromatic N) is 1. The molecule has 3 rings (SSSR count). The minimum absolute atomic E-state index is 0.105. The summed E-state index contributed by atoms with van der Waals surface area (Å²) < 4.78 is 14.3. The number of amides is 1. The SMILES string of the molecule is O=C(Cn1c(=O)c(=O)[nH]c2cc(F)ccc21)Nc1c(Cl)cccc1Cl. The Morgan fingerprint density at radius 3 is 2.52 bits per heavy atom. The highest BCUT2D eigenvalue weighted by Gasteiger charge is 2.14. The van der Waals surface area contributed by atoms with Crippen molar-refractivity contribution in [2.75, 3.05) is 5.32 Å². The molecule has 0 atom stereocenters. The molecule has 0 aliphatic carbocycles. The predicted molar refractivity (Wildman–Crippen MR) is 93.9 cm³/mol. The van der Waals surface area contributed by atoms with Gasteiger partial charge in [0.1, 0.15) is 12.4 Å². The molecule has 0 spiro atoms. The molecule has 25 heavy (non-hydrogen) atoms. The first-order chi connectivity index (χ1) is 11.9. The molecule has 128 valence electrons. The number of benzene rings is 2. The normalized spacial score (nSPS) is 10.8. The van der Waals surface area contributed by atoms with E-state index in [1.54, 1.807) is 18.2 Å². The summed E-state index contributed by atoms with van der Waals surface area (Å²) in [6.07, 6.45) is 0. The molecule has 0 saturated heterocycles. The van der Waals surface area contributed by atoms with Crippen molar-refractivity contribution in [3.8, 4) is 0 Å². The molecule has 0 aliphatic rings. The van der Waals surface area contributed by atoms with E-state index in [1.165, 1.54) is 6.07 Å². The van der Waals surface area contributed by atoms with Crippen LogP contribution in [0.15, 0.2) is 46.0 Å². The molecular weight excluding hydrogens is 372 g/mol. The maximum atomic E-state index is 13.3. The number of anilines is 1. The molecule has 6 nitrogen and oxygen atoms in total. The van der Waals surface area contributed by atoms with Gasteiger partial charge in [-0.15, -0.1) is 0 Å². The third kappa shape index (κ3) is 3.42. The standard InChI is InChI=1S/C16H10Cl2FN3O3/c17-9-2-1-3-10(18)14(9)21-13(23)7-22-12-5-4-8(19)6-11(12)20-15(24)16(22)25/h1-6H,7H2,(H,20,24)(H,21,23). The van der Waals surface area contributed by atoms with Gasteiger partial charge in [0.05, 0.1) is 26.8 Å². The predicted octanol–water partition coefficient (Wildman–Crippen LogP) is 2.77. The molecule has 2 aromatic carbocycles. The van der Waals surface area contributed by atoms with Gasteiger partial charge in [-0.05, 0) is 30.3 Å². The van der Waals surface area contributed by atoms with E-state index in [9.17, 15) is 18.8 Å². The van der Waals surface area contributed by atoms with Gasteiger partial charge in [0, 0.05) is 0 Å². The number of hydrogen-bond donors (Lipinski definition) is 2. The first-order valence-corrected chi connectivity index (χ1v) is 7.78. The Morgan fingerprint density at radius 2 is 1.84 bits per heavy atom. The molecule has 0 radical (unpaired) electrons. The van der Waals surface area contributed by atoms with Crippen molar-refractivity contribution >= 4 is 45.8 Å². The van der Waals surface area contributed by atoms with Crippen molar-refractivity contribution in [2.45, 2.75) is 6.54 Å². The summed E-state index contributed by atoms with van der Waals surface area (Å²) in [4.78, 5) is 38.4. The van der Waals surface area contributed by atoms with Crippen molar-refractivity contribution in [3.05, 3.63) is 73.0 Å². The van der Waals surface area contributed by atoms with Crippen molar-refractivity contribution in [3.63, 3.8) is 0 Å². The Kier molecular flexibility index (Phi) is 4.61. The molecule has 1 aromatic heterocycles. The maximum Gasteiger partial charge on any atom is 0.317 e. The molecule has 2 N–H and O–H groups in total. The summed E-state index contributed by atoms with van der Waals surface area (Å²) in [7, 11) is 0. The van der Waals surface area contributed by atoms with Gasteiger partial charge in [-0.3, -0.25) is 19.0 Å². The molecule has 0 aliphatic heterocycles. The van der Waals surface area contributed by atoms with Gasteiger partial charge >= 0.3 is 11.1 Å². The van der Waals surface area contributed by atoms with Gasteiger partial charge in [-0.1, -0.05) is 29.3 Å². The molecule has 3 aromatic rings. The molecule has 0 fully saturated rings. The highest BCUT2D eigenvalue weighted by atomic mass is 35.5. The maximum absolute atomic E-state index is 13.3. The fourth-order valence-electron chi connectivity index (χ4n) is 2.35. The fourth-order valence-corrected chi connectivity index (χ4v) is 2.84. The van der Waals surface area contributed by atoms with Crippen LogP contribution in [0.5, 0.6) is 0 Å². The first-order valence-electron chi connectivity index (χ1n) is 7.03. The van der Waals surface area contributed by atoms with E-state index < -0.39 is 29.4 Å². The van der Waals surface area contributed by atoms with Crippen molar-refractivity contribution < 1.29 is 9.18 Å². The molecular formula is C16H10Cl2FN3O3. The molecule has 0 unspecified atom stereocenters. The Hall–Kier alpha value is -2.64. The fraction of sp³-hybridized carbons (Fsp3) is 0.0625. The molecule has 1 amide bonds. The molecule has 0 saturated carbocycles. The van der Waals surface area contributed by atoms with Crippen molar-refractivity contribution in [1.29, 1.82) is 0 Å². The van der Waals surface area contributed by atoms with Crippen LogP contribution in [-0.2, 0) is 11.3 Å². The van der Waals surface area contributed by atoms with E-state index in [0.717, 1.165) is 16.7 Å². The monoisotopic (exact) mass is 381 g/mol. The zero-order valence-corrected chi connectivity index (χ0v) is 14.0. The van der Waals surface area contributed by atoms with Crippen LogP contribution < -0.4 is 16.4 Å². The number of H-pyrrole nitrogens is 1. The lowest BCUT2D eigenvalue weighted by Crippen LogP contribution is -2.38. The lowest BCUT2D eigenvalue weighted by molar-refractivity contribution is -0.116. The Balaban J connectivity index is 2.00. The van der Waals surface area contributed by atoms with Crippen LogP contribution in [0.2, 0.25) is 10.0 Å². The van der Waals surface area contributed by atoms with E-state index in [-0.39, 0.29) is 26.8 Å². The second kappa shape index (κ2) is 6.70.